The van der Waals surface area contributed by atoms with E-state index in [1.54, 1.807) is 6.92 Å². The van der Waals surface area contributed by atoms with Gasteiger partial charge in [-0.25, -0.2) is 4.98 Å². The summed E-state index contributed by atoms with van der Waals surface area (Å²) in [6.07, 6.45) is 1.44. The van der Waals surface area contributed by atoms with Crippen molar-refractivity contribution in [2.45, 2.75) is 6.92 Å². The molecule has 0 aliphatic carbocycles. The lowest BCUT2D eigenvalue weighted by atomic mass is 10.1. The van der Waals surface area contributed by atoms with Crippen LogP contribution in [0.4, 0.5) is 11.5 Å². The van der Waals surface area contributed by atoms with Crippen molar-refractivity contribution in [3.05, 3.63) is 27.4 Å². The summed E-state index contributed by atoms with van der Waals surface area (Å²) in [7, 11) is 0. The predicted octanol–water partition coefficient (Wildman–Crippen LogP) is 1.63. The molecule has 78 valence electrons. The van der Waals surface area contributed by atoms with E-state index in [1.807, 2.05) is 0 Å². The Hall–Kier alpha value is -1.61. The molecule has 1 heterocycles. The Morgan fingerprint density at radius 3 is 2.93 bits per heavy atom. The van der Waals surface area contributed by atoms with Crippen LogP contribution >= 0.6 is 15.9 Å². The van der Waals surface area contributed by atoms with Crippen LogP contribution in [0.15, 0.2) is 6.20 Å². The first-order valence-electron chi connectivity index (χ1n) is 4.02. The molecule has 1 aromatic rings. The summed E-state index contributed by atoms with van der Waals surface area (Å²) in [4.78, 5) is 13.9. The smallest absolute Gasteiger partial charge is 0.315 e. The summed E-state index contributed by atoms with van der Waals surface area (Å²) >= 11 is 3.14. The van der Waals surface area contributed by atoms with E-state index in [1.165, 1.54) is 6.20 Å². The zero-order valence-corrected chi connectivity index (χ0v) is 9.54. The number of hydrogen-bond donors (Lipinski definition) is 1. The molecule has 0 saturated heterocycles. The number of hydrogen-bond acceptors (Lipinski definition) is 4. The average Bonchev–Trinajstić information content (AvgIpc) is 2.16. The first kappa shape index (κ1) is 11.5. The van der Waals surface area contributed by atoms with Crippen LogP contribution in [0.2, 0.25) is 0 Å². The van der Waals surface area contributed by atoms with Crippen molar-refractivity contribution >= 4 is 27.4 Å². The molecule has 0 aromatic carbocycles. The number of nitrogen functional groups attached to an aromatic ring is 1. The van der Waals surface area contributed by atoms with Gasteiger partial charge in [0, 0.05) is 11.8 Å². The minimum atomic E-state index is -0.545. The molecule has 0 bridgehead atoms. The SMILES string of the molecule is Cc1c(C#CCBr)cnc(N)c1[N+](=O)[O-]. The quantitative estimate of drug-likeness (QED) is 0.364. The maximum atomic E-state index is 10.7. The number of aromatic nitrogens is 1. The van der Waals surface area contributed by atoms with Gasteiger partial charge in [-0.3, -0.25) is 10.1 Å². The summed E-state index contributed by atoms with van der Waals surface area (Å²) in [6.45, 7) is 1.61. The number of nitrogens with two attached hydrogens (primary N) is 1. The van der Waals surface area contributed by atoms with Crippen LogP contribution in [-0.2, 0) is 0 Å². The van der Waals surface area contributed by atoms with E-state index in [2.05, 4.69) is 32.8 Å². The van der Waals surface area contributed by atoms with Crippen LogP contribution in [0, 0.1) is 28.9 Å². The molecular weight excluding hydrogens is 262 g/mol. The van der Waals surface area contributed by atoms with Crippen LogP contribution < -0.4 is 5.73 Å². The largest absolute Gasteiger partial charge is 0.378 e. The zero-order valence-electron chi connectivity index (χ0n) is 7.95. The van der Waals surface area contributed by atoms with Gasteiger partial charge < -0.3 is 5.73 Å². The van der Waals surface area contributed by atoms with Crippen molar-refractivity contribution < 1.29 is 4.92 Å². The molecule has 5 nitrogen and oxygen atoms in total. The highest BCUT2D eigenvalue weighted by Gasteiger charge is 2.18. The highest BCUT2D eigenvalue weighted by molar-refractivity contribution is 9.09. The lowest BCUT2D eigenvalue weighted by Crippen LogP contribution is -2.02. The maximum Gasteiger partial charge on any atom is 0.315 e. The van der Waals surface area contributed by atoms with Gasteiger partial charge in [-0.1, -0.05) is 27.8 Å². The van der Waals surface area contributed by atoms with Crippen LogP contribution in [0.1, 0.15) is 11.1 Å². The Labute approximate surface area is 95.0 Å². The van der Waals surface area contributed by atoms with E-state index >= 15 is 0 Å². The highest BCUT2D eigenvalue weighted by Crippen LogP contribution is 2.25. The molecule has 0 spiro atoms. The van der Waals surface area contributed by atoms with Crippen molar-refractivity contribution in [1.82, 2.24) is 4.98 Å². The fraction of sp³-hybridized carbons (Fsp3) is 0.222. The van der Waals surface area contributed by atoms with E-state index in [4.69, 9.17) is 5.73 Å². The summed E-state index contributed by atoms with van der Waals surface area (Å²) in [6, 6.07) is 0. The van der Waals surface area contributed by atoms with E-state index < -0.39 is 4.92 Å². The molecule has 0 aliphatic heterocycles. The molecule has 0 radical (unpaired) electrons. The van der Waals surface area contributed by atoms with Gasteiger partial charge >= 0.3 is 5.69 Å². The number of pyridine rings is 1. The molecule has 15 heavy (non-hydrogen) atoms. The molecule has 0 amide bonds. The summed E-state index contributed by atoms with van der Waals surface area (Å²) in [5.74, 6) is 5.44. The lowest BCUT2D eigenvalue weighted by molar-refractivity contribution is -0.384. The number of rotatable bonds is 1. The lowest BCUT2D eigenvalue weighted by Gasteiger charge is -2.01. The van der Waals surface area contributed by atoms with Gasteiger partial charge in [0.1, 0.15) is 0 Å². The van der Waals surface area contributed by atoms with Gasteiger partial charge in [0.15, 0.2) is 0 Å². The fourth-order valence-corrected chi connectivity index (χ4v) is 1.24. The zero-order chi connectivity index (χ0) is 11.4. The number of nitrogens with zero attached hydrogens (tertiary/aromatic N) is 2. The Morgan fingerprint density at radius 2 is 2.40 bits per heavy atom. The standard InChI is InChI=1S/C9H8BrN3O2/c1-6-7(3-2-4-10)5-12-9(11)8(6)13(14)15/h5H,4H2,1H3,(H2,11,12). The van der Waals surface area contributed by atoms with Crippen molar-refractivity contribution in [2.24, 2.45) is 0 Å². The average molecular weight is 270 g/mol. The van der Waals surface area contributed by atoms with Crippen LogP contribution in [0.25, 0.3) is 0 Å². The molecule has 0 unspecified atom stereocenters. The van der Waals surface area contributed by atoms with E-state index in [9.17, 15) is 10.1 Å². The third-order valence-corrected chi connectivity index (χ3v) is 2.09. The minimum absolute atomic E-state index is 0.0816. The van der Waals surface area contributed by atoms with Gasteiger partial charge in [-0.05, 0) is 6.92 Å². The molecule has 0 fully saturated rings. The Kier molecular flexibility index (Phi) is 3.63. The summed E-state index contributed by atoms with van der Waals surface area (Å²) in [5, 5.41) is 11.2. The number of nitro groups is 1. The van der Waals surface area contributed by atoms with Crippen LogP contribution in [0.5, 0.6) is 0 Å². The van der Waals surface area contributed by atoms with Gasteiger partial charge in [0.2, 0.25) is 5.82 Å². The number of anilines is 1. The van der Waals surface area contributed by atoms with E-state index in [0.29, 0.717) is 16.5 Å². The second-order valence-electron chi connectivity index (χ2n) is 2.72. The molecule has 6 heteroatoms. The molecule has 0 aliphatic rings. The second-order valence-corrected chi connectivity index (χ2v) is 3.28. The minimum Gasteiger partial charge on any atom is -0.378 e. The Balaban J connectivity index is 3.35. The third kappa shape index (κ3) is 2.44. The molecule has 0 saturated carbocycles. The van der Waals surface area contributed by atoms with E-state index in [0.717, 1.165) is 0 Å². The normalized spacial score (nSPS) is 9.20. The van der Waals surface area contributed by atoms with Crippen molar-refractivity contribution in [2.75, 3.05) is 11.1 Å². The fourth-order valence-electron chi connectivity index (χ4n) is 1.10. The third-order valence-electron chi connectivity index (χ3n) is 1.81. The van der Waals surface area contributed by atoms with E-state index in [-0.39, 0.29) is 11.5 Å². The molecule has 2 N–H and O–H groups in total. The van der Waals surface area contributed by atoms with Crippen LogP contribution in [-0.4, -0.2) is 15.2 Å². The Morgan fingerprint density at radius 1 is 1.73 bits per heavy atom. The summed E-state index contributed by atoms with van der Waals surface area (Å²) in [5.41, 5.74) is 6.21. The monoisotopic (exact) mass is 269 g/mol. The van der Waals surface area contributed by atoms with Crippen molar-refractivity contribution in [1.29, 1.82) is 0 Å². The van der Waals surface area contributed by atoms with Gasteiger partial charge in [0.25, 0.3) is 0 Å². The van der Waals surface area contributed by atoms with Gasteiger partial charge in [-0.15, -0.1) is 0 Å². The molecule has 1 rings (SSSR count). The Bertz CT molecular complexity index is 462. The van der Waals surface area contributed by atoms with Crippen molar-refractivity contribution in [3.63, 3.8) is 0 Å². The number of halogens is 1. The molecule has 0 atom stereocenters. The predicted molar refractivity (Wildman–Crippen MR) is 60.7 cm³/mol. The molecular formula is C9H8BrN3O2. The highest BCUT2D eigenvalue weighted by atomic mass is 79.9. The summed E-state index contributed by atoms with van der Waals surface area (Å²) < 4.78 is 0. The first-order valence-corrected chi connectivity index (χ1v) is 5.14. The number of alkyl halides is 1. The maximum absolute atomic E-state index is 10.7. The first-order chi connectivity index (χ1) is 7.07. The van der Waals surface area contributed by atoms with Gasteiger partial charge in [-0.2, -0.15) is 0 Å². The van der Waals surface area contributed by atoms with Gasteiger partial charge in [0.05, 0.1) is 15.8 Å². The topological polar surface area (TPSA) is 82.0 Å². The van der Waals surface area contributed by atoms with Crippen molar-refractivity contribution in [3.8, 4) is 11.8 Å². The van der Waals surface area contributed by atoms with Crippen LogP contribution in [0.3, 0.4) is 0 Å². The second kappa shape index (κ2) is 4.75. The molecule has 1 aromatic heterocycles.